The zero-order chi connectivity index (χ0) is 45.8. The first kappa shape index (κ1) is 53.8. The first-order valence-corrected chi connectivity index (χ1v) is 25.9. The number of nitrogens with two attached hydrogens (primary N) is 1. The Morgan fingerprint density at radius 1 is 0.984 bits per heavy atom. The fourth-order valence-corrected chi connectivity index (χ4v) is 11.4. The average Bonchev–Trinajstić information content (AvgIpc) is 3.25. The molecule has 6 atom stereocenters. The van der Waals surface area contributed by atoms with Crippen LogP contribution >= 0.6 is 68.6 Å². The molecule has 1 aliphatic rings. The third-order valence-electron chi connectivity index (χ3n) is 9.35. The van der Waals surface area contributed by atoms with Gasteiger partial charge in [0.15, 0.2) is 0 Å². The van der Waals surface area contributed by atoms with Crippen LogP contribution in [0.1, 0.15) is 12.5 Å². The summed E-state index contributed by atoms with van der Waals surface area (Å²) in [6, 6.07) is 3.06. The third kappa shape index (κ3) is 17.1. The number of amides is 6. The number of hydrogen-bond donors (Lipinski definition) is 4. The number of rotatable bonds is 15. The van der Waals surface area contributed by atoms with Crippen LogP contribution in [0, 0.1) is 5.92 Å². The number of carboxylic acids is 1. The van der Waals surface area contributed by atoms with Crippen LogP contribution in [0.3, 0.4) is 0 Å². The Kier molecular flexibility index (Phi) is 24.5. The van der Waals surface area contributed by atoms with E-state index in [0.29, 0.717) is 17.3 Å². The number of aliphatic carboxylic acids is 1. The van der Waals surface area contributed by atoms with Crippen molar-refractivity contribution >= 4 is 120 Å². The van der Waals surface area contributed by atoms with E-state index in [2.05, 4.69) is 10.6 Å². The van der Waals surface area contributed by atoms with E-state index < -0.39 is 101 Å². The van der Waals surface area contributed by atoms with Crippen molar-refractivity contribution in [3.8, 4) is 0 Å². The van der Waals surface area contributed by atoms with Gasteiger partial charge in [0.1, 0.15) is 36.8 Å². The Bertz CT molecular complexity index is 1700. The highest BCUT2D eigenvalue weighted by Gasteiger charge is 2.38. The summed E-state index contributed by atoms with van der Waals surface area (Å²) in [6.45, 7) is 0.334. The first-order valence-electron chi connectivity index (χ1n) is 18.7. The molecule has 1 unspecified atom stereocenters. The quantitative estimate of drug-likeness (QED) is 0.179. The molecular weight excluding hydrogens is 911 g/mol. The third-order valence-corrected chi connectivity index (χ3v) is 15.3. The van der Waals surface area contributed by atoms with Crippen molar-refractivity contribution < 1.29 is 53.0 Å². The normalized spacial score (nSPS) is 21.0. The first-order chi connectivity index (χ1) is 28.9. The van der Waals surface area contributed by atoms with Crippen molar-refractivity contribution in [2.75, 3.05) is 88.3 Å². The van der Waals surface area contributed by atoms with Gasteiger partial charge < -0.3 is 45.8 Å². The van der Waals surface area contributed by atoms with Crippen molar-refractivity contribution in [1.29, 1.82) is 0 Å². The van der Waals surface area contributed by atoms with Crippen molar-refractivity contribution in [2.24, 2.45) is 11.7 Å². The fraction of sp³-hybridized carbons (Fsp3) is 0.595. The molecule has 61 heavy (non-hydrogen) atoms. The van der Waals surface area contributed by atoms with E-state index in [1.807, 2.05) is 0 Å². The van der Waals surface area contributed by atoms with Gasteiger partial charge in [0.25, 0.3) is 0 Å². The largest absolute Gasteiger partial charge is 0.481 e. The SMILES string of the molecule is CSC[C@H]1C(=O)SC[C@@H](NC(=O)OCc2ccccc2)C(=O)NCC(=O)N(C)[C@H](C(=O)N(C)[C@@H](CSC)C(=O)SCC(C)C(=O)O)CSSC[C@H](N(C)C(=O)CN)C(=O)N1C. The molecule has 5 N–H and O–H groups in total. The highest BCUT2D eigenvalue weighted by Crippen LogP contribution is 2.28. The molecule has 2 rings (SSSR count). The molecule has 1 aliphatic heterocycles. The van der Waals surface area contributed by atoms with E-state index in [9.17, 15) is 48.3 Å². The summed E-state index contributed by atoms with van der Waals surface area (Å²) in [5.74, 6) is -5.24. The highest BCUT2D eigenvalue weighted by atomic mass is 33.1. The van der Waals surface area contributed by atoms with Gasteiger partial charge in [-0.15, -0.1) is 0 Å². The van der Waals surface area contributed by atoms with E-state index in [4.69, 9.17) is 10.5 Å². The second-order valence-corrected chi connectivity index (χ2v) is 20.1. The zero-order valence-corrected chi connectivity index (χ0v) is 40.0. The van der Waals surface area contributed by atoms with Crippen LogP contribution < -0.4 is 16.4 Å². The Morgan fingerprint density at radius 2 is 1.64 bits per heavy atom. The number of carbonyl (C=O) groups excluding carboxylic acids is 8. The standard InChI is InChI=1S/C37H55N7O11S6/c1-22(34(50)51)16-58-35(52)27(18-56-6)43(4)33(49)26-21-61-60-20-25(41(2)29(45)13-38)32(48)44(5)28(19-57-7)36(53)59-17-24(31(47)39-14-30(46)42(26)3)40-37(54)55-15-23-11-9-8-10-12-23/h8-12,22,24-28H,13-21,38H2,1-7H3,(H,39,47)(H,40,54)(H,50,51)/t22?,24-,25+,26+,27+,28+/m1/s1. The lowest BCUT2D eigenvalue weighted by Gasteiger charge is -2.35. The smallest absolute Gasteiger partial charge is 0.408 e. The molecule has 0 aliphatic carbocycles. The number of ether oxygens (including phenoxy) is 1. The molecule has 6 amide bonds. The second kappa shape index (κ2) is 27.7. The molecule has 0 radical (unpaired) electrons. The predicted molar refractivity (Wildman–Crippen MR) is 245 cm³/mol. The molecule has 18 nitrogen and oxygen atoms in total. The molecular formula is C37H55N7O11S6. The summed E-state index contributed by atoms with van der Waals surface area (Å²) in [4.78, 5) is 125. The molecule has 1 aromatic rings. The number of nitrogens with zero attached hydrogens (tertiary/aromatic N) is 4. The van der Waals surface area contributed by atoms with Crippen molar-refractivity contribution in [1.82, 2.24) is 30.2 Å². The minimum atomic E-state index is -1.40. The Hall–Kier alpha value is -3.29. The summed E-state index contributed by atoms with van der Waals surface area (Å²) in [6.07, 6.45) is 2.52. The van der Waals surface area contributed by atoms with Crippen LogP contribution in [-0.4, -0.2) is 195 Å². The van der Waals surface area contributed by atoms with Crippen LogP contribution in [0.25, 0.3) is 0 Å². The highest BCUT2D eigenvalue weighted by molar-refractivity contribution is 8.76. The number of nitrogens with one attached hydrogen (secondary N) is 2. The number of thioether (sulfide) groups is 4. The summed E-state index contributed by atoms with van der Waals surface area (Å²) in [7, 11) is 7.90. The van der Waals surface area contributed by atoms with Crippen LogP contribution in [0.4, 0.5) is 4.79 Å². The van der Waals surface area contributed by atoms with Crippen molar-refractivity contribution in [3.05, 3.63) is 35.9 Å². The summed E-state index contributed by atoms with van der Waals surface area (Å²) in [5.41, 5.74) is 6.34. The average molecular weight is 966 g/mol. The lowest BCUT2D eigenvalue weighted by molar-refractivity contribution is -0.144. The molecule has 1 saturated heterocycles. The molecule has 0 saturated carbocycles. The van der Waals surface area contributed by atoms with Crippen molar-refractivity contribution in [3.63, 3.8) is 0 Å². The van der Waals surface area contributed by atoms with E-state index >= 15 is 0 Å². The maximum atomic E-state index is 14.3. The van der Waals surface area contributed by atoms with Gasteiger partial charge in [0.2, 0.25) is 39.8 Å². The van der Waals surface area contributed by atoms with Crippen molar-refractivity contribution in [2.45, 2.75) is 43.7 Å². The molecule has 24 heteroatoms. The van der Waals surface area contributed by atoms with E-state index in [0.717, 1.165) is 38.2 Å². The molecule has 340 valence electrons. The maximum Gasteiger partial charge on any atom is 0.408 e. The summed E-state index contributed by atoms with van der Waals surface area (Å²) >= 11 is 4.08. The topological polar surface area (TPSA) is 246 Å². The number of carboxylic acid groups (broad SMARTS) is 1. The van der Waals surface area contributed by atoms with E-state index in [1.165, 1.54) is 73.3 Å². The molecule has 0 spiro atoms. The second-order valence-electron chi connectivity index (χ2n) is 13.6. The molecule has 1 fully saturated rings. The molecule has 0 aromatic heterocycles. The van der Waals surface area contributed by atoms with Gasteiger partial charge in [0, 0.05) is 62.7 Å². The molecule has 1 heterocycles. The predicted octanol–water partition coefficient (Wildman–Crippen LogP) is 1.03. The Morgan fingerprint density at radius 3 is 2.25 bits per heavy atom. The minimum absolute atomic E-state index is 0.00303. The van der Waals surface area contributed by atoms with Gasteiger partial charge in [-0.1, -0.05) is 82.4 Å². The van der Waals surface area contributed by atoms with Crippen LogP contribution in [0.2, 0.25) is 0 Å². The number of benzene rings is 1. The maximum absolute atomic E-state index is 14.3. The van der Waals surface area contributed by atoms with Gasteiger partial charge >= 0.3 is 12.1 Å². The molecule has 1 aromatic carbocycles. The van der Waals surface area contributed by atoms with Crippen LogP contribution in [0.5, 0.6) is 0 Å². The zero-order valence-electron chi connectivity index (χ0n) is 35.1. The van der Waals surface area contributed by atoms with Gasteiger partial charge in [0.05, 0.1) is 19.0 Å². The van der Waals surface area contributed by atoms with Crippen LogP contribution in [0.15, 0.2) is 30.3 Å². The lowest BCUT2D eigenvalue weighted by Crippen LogP contribution is -2.56. The van der Waals surface area contributed by atoms with Gasteiger partial charge in [-0.25, -0.2) is 4.79 Å². The van der Waals surface area contributed by atoms with Gasteiger partial charge in [-0.3, -0.25) is 38.4 Å². The Balaban J connectivity index is 2.54. The number of hydrogen-bond acceptors (Lipinski definition) is 17. The minimum Gasteiger partial charge on any atom is -0.481 e. The summed E-state index contributed by atoms with van der Waals surface area (Å²) in [5, 5.41) is 13.4. The van der Waals surface area contributed by atoms with E-state index in [1.54, 1.807) is 42.8 Å². The number of alkyl carbamates (subject to hydrolysis) is 1. The molecule has 0 bridgehead atoms. The lowest BCUT2D eigenvalue weighted by atomic mass is 10.2. The number of likely N-dealkylation sites (N-methyl/N-ethyl adjacent to an activating group) is 4. The monoisotopic (exact) mass is 965 g/mol. The number of carbonyl (C=O) groups is 9. The van der Waals surface area contributed by atoms with Crippen LogP contribution in [-0.2, 0) is 49.7 Å². The summed E-state index contributed by atoms with van der Waals surface area (Å²) < 4.78 is 5.32. The fourth-order valence-electron chi connectivity index (χ4n) is 5.32. The van der Waals surface area contributed by atoms with E-state index in [-0.39, 0.29) is 41.1 Å². The van der Waals surface area contributed by atoms with Gasteiger partial charge in [-0.2, -0.15) is 23.5 Å². The van der Waals surface area contributed by atoms with Gasteiger partial charge in [-0.05, 0) is 18.1 Å². The Labute approximate surface area is 381 Å².